The van der Waals surface area contributed by atoms with Crippen molar-refractivity contribution in [1.29, 1.82) is 0 Å². The number of carbonyl (C=O) groups excluding carboxylic acids is 1. The molecule has 1 aromatic rings. The number of carboxylic acids is 1. The van der Waals surface area contributed by atoms with Crippen molar-refractivity contribution in [3.63, 3.8) is 0 Å². The second-order valence-corrected chi connectivity index (χ2v) is 5.29. The lowest BCUT2D eigenvalue weighted by atomic mass is 10.1. The zero-order valence-electron chi connectivity index (χ0n) is 10.9. The molecule has 3 N–H and O–H groups in total. The van der Waals surface area contributed by atoms with Gasteiger partial charge in [0, 0.05) is 18.2 Å². The minimum absolute atomic E-state index is 0.120. The Morgan fingerprint density at radius 2 is 2.00 bits per heavy atom. The first-order valence-electron chi connectivity index (χ1n) is 6.65. The Morgan fingerprint density at radius 3 is 2.65 bits per heavy atom. The fourth-order valence-corrected chi connectivity index (χ4v) is 2.94. The van der Waals surface area contributed by atoms with Crippen molar-refractivity contribution in [2.45, 2.75) is 24.9 Å². The highest BCUT2D eigenvalue weighted by molar-refractivity contribution is 6.03. The molecule has 0 aromatic heterocycles. The van der Waals surface area contributed by atoms with Gasteiger partial charge < -0.3 is 10.8 Å². The van der Waals surface area contributed by atoms with E-state index in [0.717, 1.165) is 5.56 Å². The predicted molar refractivity (Wildman–Crippen MR) is 74.3 cm³/mol. The maximum atomic E-state index is 12.6. The average molecular weight is 272 g/mol. The van der Waals surface area contributed by atoms with E-state index in [1.54, 1.807) is 18.2 Å². The largest absolute Gasteiger partial charge is 0.480 e. The summed E-state index contributed by atoms with van der Waals surface area (Å²) in [4.78, 5) is 25.5. The molecule has 0 saturated carbocycles. The molecule has 1 aliphatic heterocycles. The quantitative estimate of drug-likeness (QED) is 0.785. The number of anilines is 1. The van der Waals surface area contributed by atoms with Crippen LogP contribution >= 0.6 is 0 Å². The van der Waals surface area contributed by atoms with Crippen molar-refractivity contribution in [1.82, 2.24) is 0 Å². The number of rotatable bonds is 2. The number of nitrogens with two attached hydrogens (primary N) is 1. The normalized spacial score (nSPS) is 27.6. The van der Waals surface area contributed by atoms with Crippen molar-refractivity contribution in [3.8, 4) is 0 Å². The second-order valence-electron chi connectivity index (χ2n) is 5.29. The van der Waals surface area contributed by atoms with Gasteiger partial charge in [-0.25, -0.2) is 4.79 Å². The third kappa shape index (κ3) is 2.00. The summed E-state index contributed by atoms with van der Waals surface area (Å²) in [6.45, 7) is 0. The minimum atomic E-state index is -0.971. The number of benzene rings is 1. The van der Waals surface area contributed by atoms with Crippen LogP contribution in [0.3, 0.4) is 0 Å². The van der Waals surface area contributed by atoms with Gasteiger partial charge in [-0.2, -0.15) is 0 Å². The van der Waals surface area contributed by atoms with Crippen LogP contribution in [-0.2, 0) is 16.0 Å². The first kappa shape index (κ1) is 12.9. The Morgan fingerprint density at radius 1 is 1.25 bits per heavy atom. The molecule has 0 spiro atoms. The van der Waals surface area contributed by atoms with Crippen LogP contribution in [0.1, 0.15) is 12.0 Å². The predicted octanol–water partition coefficient (Wildman–Crippen LogP) is 0.932. The lowest BCUT2D eigenvalue weighted by Crippen LogP contribution is -2.45. The lowest BCUT2D eigenvalue weighted by molar-refractivity contribution is -0.140. The van der Waals surface area contributed by atoms with E-state index in [1.807, 2.05) is 18.2 Å². The highest BCUT2D eigenvalue weighted by atomic mass is 16.4. The average Bonchev–Trinajstić information content (AvgIpc) is 3.01. The molecular weight excluding hydrogens is 256 g/mol. The number of hydrogen-bond donors (Lipinski definition) is 2. The Hall–Kier alpha value is -2.14. The maximum Gasteiger partial charge on any atom is 0.327 e. The van der Waals surface area contributed by atoms with Crippen LogP contribution < -0.4 is 10.6 Å². The summed E-state index contributed by atoms with van der Waals surface area (Å²) in [6.07, 6.45) is 4.50. The molecule has 20 heavy (non-hydrogen) atoms. The molecule has 3 unspecified atom stereocenters. The minimum Gasteiger partial charge on any atom is -0.480 e. The van der Waals surface area contributed by atoms with Crippen LogP contribution in [0.4, 0.5) is 5.69 Å². The van der Waals surface area contributed by atoms with Crippen LogP contribution in [0.2, 0.25) is 0 Å². The smallest absolute Gasteiger partial charge is 0.327 e. The van der Waals surface area contributed by atoms with Gasteiger partial charge in [-0.05, 0) is 18.1 Å². The molecule has 0 radical (unpaired) electrons. The zero-order valence-corrected chi connectivity index (χ0v) is 10.9. The van der Waals surface area contributed by atoms with Crippen molar-refractivity contribution in [2.75, 3.05) is 4.90 Å². The first-order valence-corrected chi connectivity index (χ1v) is 6.65. The van der Waals surface area contributed by atoms with Gasteiger partial charge in [0.1, 0.15) is 6.04 Å². The fraction of sp³-hybridized carbons (Fsp3) is 0.333. The number of carboxylic acid groups (broad SMARTS) is 1. The van der Waals surface area contributed by atoms with E-state index >= 15 is 0 Å². The summed E-state index contributed by atoms with van der Waals surface area (Å²) in [5.41, 5.74) is 7.39. The molecule has 3 rings (SSSR count). The van der Waals surface area contributed by atoms with Crippen LogP contribution in [0, 0.1) is 5.92 Å². The standard InChI is InChI=1S/C15H16N2O3/c16-11-6-5-10(7-11)14(18)17-12-4-2-1-3-9(12)8-13(17)15(19)20/h1-6,10-11,13H,7-8,16H2,(H,19,20). The van der Waals surface area contributed by atoms with Gasteiger partial charge in [-0.1, -0.05) is 30.4 Å². The van der Waals surface area contributed by atoms with Gasteiger partial charge in [-0.3, -0.25) is 9.69 Å². The molecular formula is C15H16N2O3. The second kappa shape index (κ2) is 4.76. The van der Waals surface area contributed by atoms with E-state index in [0.29, 0.717) is 18.5 Å². The summed E-state index contributed by atoms with van der Waals surface area (Å²) < 4.78 is 0. The highest BCUT2D eigenvalue weighted by Crippen LogP contribution is 2.34. The van der Waals surface area contributed by atoms with Crippen molar-refractivity contribution in [2.24, 2.45) is 11.7 Å². The van der Waals surface area contributed by atoms with Crippen LogP contribution in [-0.4, -0.2) is 29.1 Å². The van der Waals surface area contributed by atoms with Gasteiger partial charge in [0.05, 0.1) is 5.92 Å². The third-order valence-electron chi connectivity index (χ3n) is 3.93. The van der Waals surface area contributed by atoms with Gasteiger partial charge in [0.2, 0.25) is 5.91 Å². The Balaban J connectivity index is 1.94. The molecule has 2 aliphatic rings. The maximum absolute atomic E-state index is 12.6. The molecule has 1 aromatic carbocycles. The Bertz CT molecular complexity index is 597. The number of para-hydroxylation sites is 1. The first-order chi connectivity index (χ1) is 9.58. The molecule has 0 saturated heterocycles. The van der Waals surface area contributed by atoms with Crippen molar-refractivity contribution < 1.29 is 14.7 Å². The number of hydrogen-bond acceptors (Lipinski definition) is 3. The monoisotopic (exact) mass is 272 g/mol. The summed E-state index contributed by atoms with van der Waals surface area (Å²) in [5, 5.41) is 9.36. The van der Waals surface area contributed by atoms with Gasteiger partial charge in [0.15, 0.2) is 0 Å². The molecule has 0 fully saturated rings. The highest BCUT2D eigenvalue weighted by Gasteiger charge is 2.40. The Kier molecular flexibility index (Phi) is 3.06. The summed E-state index contributed by atoms with van der Waals surface area (Å²) in [5.74, 6) is -1.47. The van der Waals surface area contributed by atoms with Crippen LogP contribution in [0.15, 0.2) is 36.4 Å². The zero-order chi connectivity index (χ0) is 14.3. The molecule has 1 heterocycles. The molecule has 1 amide bonds. The molecule has 5 nitrogen and oxygen atoms in total. The molecule has 1 aliphatic carbocycles. The van der Waals surface area contributed by atoms with E-state index in [-0.39, 0.29) is 17.9 Å². The lowest BCUT2D eigenvalue weighted by Gasteiger charge is -2.25. The third-order valence-corrected chi connectivity index (χ3v) is 3.93. The molecule has 3 atom stereocenters. The van der Waals surface area contributed by atoms with E-state index in [1.165, 1.54) is 4.90 Å². The fourth-order valence-electron chi connectivity index (χ4n) is 2.94. The number of amides is 1. The molecule has 104 valence electrons. The number of fused-ring (bicyclic) bond motifs is 1. The van der Waals surface area contributed by atoms with Crippen LogP contribution in [0.25, 0.3) is 0 Å². The molecule has 5 heteroatoms. The number of nitrogens with zero attached hydrogens (tertiary/aromatic N) is 1. The van der Waals surface area contributed by atoms with Crippen LogP contribution in [0.5, 0.6) is 0 Å². The van der Waals surface area contributed by atoms with E-state index in [9.17, 15) is 14.7 Å². The Labute approximate surface area is 116 Å². The van der Waals surface area contributed by atoms with E-state index in [2.05, 4.69) is 0 Å². The summed E-state index contributed by atoms with van der Waals surface area (Å²) in [6, 6.07) is 6.41. The molecule has 0 bridgehead atoms. The summed E-state index contributed by atoms with van der Waals surface area (Å²) in [7, 11) is 0. The van der Waals surface area contributed by atoms with Gasteiger partial charge in [-0.15, -0.1) is 0 Å². The number of carbonyl (C=O) groups is 2. The summed E-state index contributed by atoms with van der Waals surface area (Å²) >= 11 is 0. The van der Waals surface area contributed by atoms with Gasteiger partial charge in [0.25, 0.3) is 0 Å². The van der Waals surface area contributed by atoms with E-state index < -0.39 is 12.0 Å². The SMILES string of the molecule is NC1C=CC(C(=O)N2c3ccccc3CC2C(=O)O)C1. The topological polar surface area (TPSA) is 83.6 Å². The van der Waals surface area contributed by atoms with E-state index in [4.69, 9.17) is 5.73 Å². The number of aliphatic carboxylic acids is 1. The van der Waals surface area contributed by atoms with Crippen molar-refractivity contribution >= 4 is 17.6 Å². The van der Waals surface area contributed by atoms with Gasteiger partial charge >= 0.3 is 5.97 Å². The van der Waals surface area contributed by atoms with Crippen molar-refractivity contribution in [3.05, 3.63) is 42.0 Å².